The van der Waals surface area contributed by atoms with Crippen molar-refractivity contribution >= 4 is 17.3 Å². The number of piperidine rings is 1. The van der Waals surface area contributed by atoms with Crippen molar-refractivity contribution in [3.8, 4) is 0 Å². The summed E-state index contributed by atoms with van der Waals surface area (Å²) in [5.41, 5.74) is 1.16. The van der Waals surface area contributed by atoms with Crippen molar-refractivity contribution in [2.75, 3.05) is 18.4 Å². The number of benzene rings is 1. The predicted octanol–water partition coefficient (Wildman–Crippen LogP) is 4.16. The van der Waals surface area contributed by atoms with Crippen molar-refractivity contribution in [3.63, 3.8) is 0 Å². The Morgan fingerprint density at radius 1 is 1.05 bits per heavy atom. The van der Waals surface area contributed by atoms with Crippen LogP contribution in [0.2, 0.25) is 5.02 Å². The minimum absolute atomic E-state index is 0.608. The first-order valence-electron chi connectivity index (χ1n) is 7.57. The Labute approximate surface area is 121 Å². The van der Waals surface area contributed by atoms with E-state index in [2.05, 4.69) is 16.3 Å². The number of likely N-dealkylation sites (tertiary alicyclic amines) is 1. The van der Waals surface area contributed by atoms with Crippen molar-refractivity contribution < 1.29 is 0 Å². The molecule has 19 heavy (non-hydrogen) atoms. The number of halogens is 1. The van der Waals surface area contributed by atoms with Gasteiger partial charge in [-0.25, -0.2) is 0 Å². The molecule has 0 spiro atoms. The van der Waals surface area contributed by atoms with Crippen molar-refractivity contribution in [1.82, 2.24) is 4.90 Å². The molecule has 1 aliphatic heterocycles. The van der Waals surface area contributed by atoms with Gasteiger partial charge in [-0.3, -0.25) is 0 Å². The third-order valence-electron chi connectivity index (χ3n) is 4.57. The first-order chi connectivity index (χ1) is 9.31. The molecule has 3 rings (SSSR count). The molecule has 1 aromatic carbocycles. The molecule has 1 N–H and O–H groups in total. The Kier molecular flexibility index (Phi) is 4.29. The zero-order valence-corrected chi connectivity index (χ0v) is 12.2. The summed E-state index contributed by atoms with van der Waals surface area (Å²) < 4.78 is 0. The van der Waals surface area contributed by atoms with Crippen LogP contribution in [-0.4, -0.2) is 30.1 Å². The van der Waals surface area contributed by atoms with Gasteiger partial charge in [0, 0.05) is 35.9 Å². The zero-order valence-electron chi connectivity index (χ0n) is 11.4. The van der Waals surface area contributed by atoms with Gasteiger partial charge < -0.3 is 10.2 Å². The highest BCUT2D eigenvalue weighted by molar-refractivity contribution is 6.30. The Balaban J connectivity index is 1.50. The highest BCUT2D eigenvalue weighted by Gasteiger charge is 2.26. The fourth-order valence-corrected chi connectivity index (χ4v) is 3.68. The Morgan fingerprint density at radius 3 is 2.47 bits per heavy atom. The van der Waals surface area contributed by atoms with Crippen LogP contribution >= 0.6 is 11.6 Å². The van der Waals surface area contributed by atoms with Gasteiger partial charge in [-0.2, -0.15) is 0 Å². The molecule has 0 bridgehead atoms. The summed E-state index contributed by atoms with van der Waals surface area (Å²) in [6.45, 7) is 2.51. The molecule has 104 valence electrons. The normalized spacial score (nSPS) is 22.8. The number of nitrogens with one attached hydrogen (secondary N) is 1. The molecule has 1 saturated carbocycles. The average Bonchev–Trinajstić information content (AvgIpc) is 2.94. The van der Waals surface area contributed by atoms with Crippen LogP contribution in [0.4, 0.5) is 5.69 Å². The molecule has 1 aliphatic carbocycles. The predicted molar refractivity (Wildman–Crippen MR) is 81.9 cm³/mol. The maximum absolute atomic E-state index is 6.02. The summed E-state index contributed by atoms with van der Waals surface area (Å²) in [4.78, 5) is 2.71. The van der Waals surface area contributed by atoms with E-state index < -0.39 is 0 Å². The van der Waals surface area contributed by atoms with Crippen molar-refractivity contribution in [1.29, 1.82) is 0 Å². The van der Waals surface area contributed by atoms with E-state index in [1.54, 1.807) is 0 Å². The van der Waals surface area contributed by atoms with E-state index in [0.29, 0.717) is 6.04 Å². The molecule has 2 fully saturated rings. The largest absolute Gasteiger partial charge is 0.382 e. The van der Waals surface area contributed by atoms with Gasteiger partial charge in [0.1, 0.15) is 0 Å². The molecule has 0 unspecified atom stereocenters. The van der Waals surface area contributed by atoms with E-state index in [1.165, 1.54) is 51.6 Å². The number of anilines is 1. The fraction of sp³-hybridized carbons (Fsp3) is 0.625. The van der Waals surface area contributed by atoms with Gasteiger partial charge in [0.15, 0.2) is 0 Å². The summed E-state index contributed by atoms with van der Waals surface area (Å²) in [7, 11) is 0. The number of rotatable bonds is 3. The molecule has 0 radical (unpaired) electrons. The minimum atomic E-state index is 0.608. The smallest absolute Gasteiger partial charge is 0.0426 e. The van der Waals surface area contributed by atoms with Gasteiger partial charge in [-0.1, -0.05) is 30.5 Å². The second kappa shape index (κ2) is 6.15. The lowest BCUT2D eigenvalue weighted by molar-refractivity contribution is 0.159. The Hall–Kier alpha value is -0.730. The molecule has 0 aromatic heterocycles. The molecule has 1 heterocycles. The van der Waals surface area contributed by atoms with Gasteiger partial charge in [0.2, 0.25) is 0 Å². The lowest BCUT2D eigenvalue weighted by atomic mass is 10.0. The first-order valence-corrected chi connectivity index (χ1v) is 7.95. The molecular formula is C16H23ClN2. The van der Waals surface area contributed by atoms with Crippen LogP contribution in [0.5, 0.6) is 0 Å². The molecule has 1 aromatic rings. The number of nitrogens with zero attached hydrogens (tertiary/aromatic N) is 1. The third-order valence-corrected chi connectivity index (χ3v) is 4.80. The highest BCUT2D eigenvalue weighted by atomic mass is 35.5. The number of hydrogen-bond donors (Lipinski definition) is 1. The molecule has 0 amide bonds. The molecule has 2 nitrogen and oxygen atoms in total. The van der Waals surface area contributed by atoms with E-state index >= 15 is 0 Å². The summed E-state index contributed by atoms with van der Waals surface area (Å²) >= 11 is 6.02. The first kappa shape index (κ1) is 13.3. The highest BCUT2D eigenvalue weighted by Crippen LogP contribution is 2.27. The van der Waals surface area contributed by atoms with Crippen molar-refractivity contribution in [3.05, 3.63) is 29.3 Å². The Bertz CT molecular complexity index is 407. The van der Waals surface area contributed by atoms with E-state index in [4.69, 9.17) is 11.6 Å². The van der Waals surface area contributed by atoms with Crippen LogP contribution in [0.15, 0.2) is 24.3 Å². The fourth-order valence-electron chi connectivity index (χ4n) is 3.49. The maximum atomic E-state index is 6.02. The summed E-state index contributed by atoms with van der Waals surface area (Å²) in [6.07, 6.45) is 8.22. The van der Waals surface area contributed by atoms with Crippen LogP contribution in [0.25, 0.3) is 0 Å². The topological polar surface area (TPSA) is 15.3 Å². The van der Waals surface area contributed by atoms with Gasteiger partial charge in [-0.15, -0.1) is 0 Å². The molecular weight excluding hydrogens is 256 g/mol. The third kappa shape index (κ3) is 3.43. The van der Waals surface area contributed by atoms with Crippen molar-refractivity contribution in [2.24, 2.45) is 0 Å². The molecule has 1 saturated heterocycles. The second-order valence-electron chi connectivity index (χ2n) is 5.90. The van der Waals surface area contributed by atoms with Gasteiger partial charge in [-0.05, 0) is 43.9 Å². The number of hydrogen-bond acceptors (Lipinski definition) is 2. The van der Waals surface area contributed by atoms with Crippen LogP contribution in [0, 0.1) is 0 Å². The standard InChI is InChI=1S/C16H23ClN2/c17-13-4-3-5-15(12-13)18-14-8-10-19(11-9-14)16-6-1-2-7-16/h3-5,12,14,16,18H,1-2,6-11H2. The van der Waals surface area contributed by atoms with E-state index in [-0.39, 0.29) is 0 Å². The average molecular weight is 279 g/mol. The summed E-state index contributed by atoms with van der Waals surface area (Å²) in [6, 6.07) is 9.55. The zero-order chi connectivity index (χ0) is 13.1. The van der Waals surface area contributed by atoms with Crippen LogP contribution in [0.1, 0.15) is 38.5 Å². The minimum Gasteiger partial charge on any atom is -0.382 e. The lowest BCUT2D eigenvalue weighted by Crippen LogP contribution is -2.43. The lowest BCUT2D eigenvalue weighted by Gasteiger charge is -2.36. The van der Waals surface area contributed by atoms with E-state index in [0.717, 1.165) is 16.8 Å². The van der Waals surface area contributed by atoms with Crippen LogP contribution in [-0.2, 0) is 0 Å². The Morgan fingerprint density at radius 2 is 1.79 bits per heavy atom. The van der Waals surface area contributed by atoms with E-state index in [1.807, 2.05) is 18.2 Å². The molecule has 2 aliphatic rings. The molecule has 0 atom stereocenters. The van der Waals surface area contributed by atoms with Gasteiger partial charge in [0.05, 0.1) is 0 Å². The van der Waals surface area contributed by atoms with Crippen LogP contribution < -0.4 is 5.32 Å². The molecule has 3 heteroatoms. The monoisotopic (exact) mass is 278 g/mol. The van der Waals surface area contributed by atoms with Gasteiger partial charge in [0.25, 0.3) is 0 Å². The SMILES string of the molecule is Clc1cccc(NC2CCN(C3CCCC3)CC2)c1. The van der Waals surface area contributed by atoms with Gasteiger partial charge >= 0.3 is 0 Å². The summed E-state index contributed by atoms with van der Waals surface area (Å²) in [5, 5.41) is 4.44. The quantitative estimate of drug-likeness (QED) is 0.893. The van der Waals surface area contributed by atoms with Crippen molar-refractivity contribution in [2.45, 2.75) is 50.6 Å². The summed E-state index contributed by atoms with van der Waals surface area (Å²) in [5.74, 6) is 0. The maximum Gasteiger partial charge on any atom is 0.0426 e. The van der Waals surface area contributed by atoms with Crippen LogP contribution in [0.3, 0.4) is 0 Å². The second-order valence-corrected chi connectivity index (χ2v) is 6.34. The van der Waals surface area contributed by atoms with E-state index in [9.17, 15) is 0 Å².